The van der Waals surface area contributed by atoms with Crippen LogP contribution in [0.1, 0.15) is 45.6 Å². The zero-order valence-electron chi connectivity index (χ0n) is 16.0. The Bertz CT molecular complexity index is 608. The van der Waals surface area contributed by atoms with E-state index in [9.17, 15) is 14.0 Å². The summed E-state index contributed by atoms with van der Waals surface area (Å²) in [5.41, 5.74) is 0.389. The van der Waals surface area contributed by atoms with Crippen LogP contribution in [0.3, 0.4) is 0 Å². The second-order valence-corrected chi connectivity index (χ2v) is 7.77. The number of hydrogen-bond acceptors (Lipinski definition) is 2. The number of urea groups is 1. The number of halogens is 1. The summed E-state index contributed by atoms with van der Waals surface area (Å²) in [6, 6.07) is 6.07. The van der Waals surface area contributed by atoms with Gasteiger partial charge in [-0.05, 0) is 42.9 Å². The molecule has 3 amide bonds. The van der Waals surface area contributed by atoms with Gasteiger partial charge in [0.2, 0.25) is 5.91 Å². The van der Waals surface area contributed by atoms with Crippen molar-refractivity contribution in [3.05, 3.63) is 35.6 Å². The van der Waals surface area contributed by atoms with Gasteiger partial charge >= 0.3 is 6.03 Å². The Morgan fingerprint density at radius 3 is 2.35 bits per heavy atom. The molecule has 1 aromatic carbocycles. The second-order valence-electron chi connectivity index (χ2n) is 7.77. The topological polar surface area (TPSA) is 61.4 Å². The summed E-state index contributed by atoms with van der Waals surface area (Å²) in [7, 11) is 0. The Morgan fingerprint density at radius 2 is 1.77 bits per heavy atom. The van der Waals surface area contributed by atoms with Gasteiger partial charge in [-0.2, -0.15) is 0 Å². The van der Waals surface area contributed by atoms with E-state index < -0.39 is 5.41 Å². The van der Waals surface area contributed by atoms with E-state index >= 15 is 0 Å². The van der Waals surface area contributed by atoms with E-state index in [1.807, 2.05) is 6.92 Å². The fourth-order valence-corrected chi connectivity index (χ4v) is 3.01. The van der Waals surface area contributed by atoms with Gasteiger partial charge in [0.05, 0.1) is 0 Å². The second kappa shape index (κ2) is 9.01. The zero-order chi connectivity index (χ0) is 19.2. The molecular weight excluding hydrogens is 333 g/mol. The van der Waals surface area contributed by atoms with Crippen molar-refractivity contribution < 1.29 is 14.0 Å². The average molecular weight is 363 g/mol. The predicted octanol–water partition coefficient (Wildman–Crippen LogP) is 3.30. The fraction of sp³-hybridized carbons (Fsp3) is 0.600. The van der Waals surface area contributed by atoms with Crippen LogP contribution in [0.15, 0.2) is 24.3 Å². The van der Waals surface area contributed by atoms with Crippen molar-refractivity contribution >= 4 is 11.9 Å². The van der Waals surface area contributed by atoms with Gasteiger partial charge in [-0.15, -0.1) is 0 Å². The van der Waals surface area contributed by atoms with E-state index in [1.165, 1.54) is 12.1 Å². The lowest BCUT2D eigenvalue weighted by Crippen LogP contribution is -2.51. The minimum absolute atomic E-state index is 0.0123. The first-order valence-electron chi connectivity index (χ1n) is 9.36. The number of carbonyl (C=O) groups excluding carboxylic acids is 2. The molecule has 0 radical (unpaired) electrons. The number of piperidine rings is 1. The summed E-state index contributed by atoms with van der Waals surface area (Å²) in [5, 5.41) is 5.89. The third kappa shape index (κ3) is 5.71. The molecule has 0 unspecified atom stereocenters. The summed E-state index contributed by atoms with van der Waals surface area (Å²) >= 11 is 0. The minimum atomic E-state index is -0.477. The van der Waals surface area contributed by atoms with Gasteiger partial charge in [0.25, 0.3) is 0 Å². The Labute approximate surface area is 155 Å². The smallest absolute Gasteiger partial charge is 0.317 e. The first kappa shape index (κ1) is 20.2. The van der Waals surface area contributed by atoms with Crippen LogP contribution >= 0.6 is 0 Å². The normalized spacial score (nSPS) is 16.4. The van der Waals surface area contributed by atoms with Crippen LogP contribution in [0.5, 0.6) is 0 Å². The zero-order valence-corrected chi connectivity index (χ0v) is 16.0. The van der Waals surface area contributed by atoms with Gasteiger partial charge in [0.1, 0.15) is 5.82 Å². The number of benzene rings is 1. The van der Waals surface area contributed by atoms with E-state index in [0.717, 1.165) is 12.0 Å². The average Bonchev–Trinajstić information content (AvgIpc) is 2.61. The maximum atomic E-state index is 12.9. The lowest BCUT2D eigenvalue weighted by molar-refractivity contribution is -0.132. The molecule has 2 N–H and O–H groups in total. The number of likely N-dealkylation sites (tertiary alicyclic amines) is 1. The maximum Gasteiger partial charge on any atom is 0.317 e. The van der Waals surface area contributed by atoms with Crippen molar-refractivity contribution in [3.63, 3.8) is 0 Å². The van der Waals surface area contributed by atoms with Crippen LogP contribution in [0.4, 0.5) is 9.18 Å². The quantitative estimate of drug-likeness (QED) is 0.815. The molecule has 1 saturated heterocycles. The van der Waals surface area contributed by atoms with Gasteiger partial charge in [0, 0.05) is 31.6 Å². The molecule has 5 nitrogen and oxygen atoms in total. The van der Waals surface area contributed by atoms with Gasteiger partial charge in [-0.1, -0.05) is 32.9 Å². The molecule has 2 rings (SSSR count). The predicted molar refractivity (Wildman–Crippen MR) is 100 cm³/mol. The molecule has 1 aliphatic heterocycles. The summed E-state index contributed by atoms with van der Waals surface area (Å²) < 4.78 is 12.9. The van der Waals surface area contributed by atoms with Crippen LogP contribution < -0.4 is 10.6 Å². The van der Waals surface area contributed by atoms with E-state index in [-0.39, 0.29) is 17.8 Å². The number of hydrogen-bond donors (Lipinski definition) is 2. The lowest BCUT2D eigenvalue weighted by atomic mass is 9.79. The Kier molecular flexibility index (Phi) is 7.00. The fourth-order valence-electron chi connectivity index (χ4n) is 3.01. The molecule has 0 aliphatic carbocycles. The molecule has 1 heterocycles. The molecule has 1 aliphatic rings. The molecule has 144 valence electrons. The molecule has 0 saturated carbocycles. The molecule has 1 fully saturated rings. The summed E-state index contributed by atoms with van der Waals surface area (Å²) in [6.07, 6.45) is 2.24. The largest absolute Gasteiger partial charge is 0.352 e. The summed E-state index contributed by atoms with van der Waals surface area (Å²) in [4.78, 5) is 26.5. The number of amides is 3. The highest BCUT2D eigenvalue weighted by molar-refractivity contribution is 5.83. The Balaban J connectivity index is 1.77. The first-order valence-corrected chi connectivity index (χ1v) is 9.36. The highest BCUT2D eigenvalue weighted by Gasteiger charge is 2.37. The minimum Gasteiger partial charge on any atom is -0.352 e. The molecule has 0 bridgehead atoms. The standard InChI is InChI=1S/C20H30FN3O2/c1-15(2)8-11-22-19(26)24-12-9-20(3,10-13-24)18(25)23-14-16-4-6-17(21)7-5-16/h4-7,15H,8-14H2,1-3H3,(H,22,26)(H,23,25). The highest BCUT2D eigenvalue weighted by Crippen LogP contribution is 2.31. The number of nitrogens with zero attached hydrogens (tertiary/aromatic N) is 1. The molecule has 0 atom stereocenters. The Hall–Kier alpha value is -2.11. The maximum absolute atomic E-state index is 12.9. The molecule has 26 heavy (non-hydrogen) atoms. The third-order valence-electron chi connectivity index (χ3n) is 5.07. The van der Waals surface area contributed by atoms with Crippen LogP contribution in [-0.4, -0.2) is 36.5 Å². The number of carbonyl (C=O) groups is 2. The van der Waals surface area contributed by atoms with Crippen molar-refractivity contribution in [1.29, 1.82) is 0 Å². The van der Waals surface area contributed by atoms with Gasteiger partial charge in [-0.25, -0.2) is 9.18 Å². The molecule has 1 aromatic rings. The van der Waals surface area contributed by atoms with Gasteiger partial charge < -0.3 is 15.5 Å². The van der Waals surface area contributed by atoms with Crippen LogP contribution in [0.2, 0.25) is 0 Å². The van der Waals surface area contributed by atoms with E-state index in [0.29, 0.717) is 44.9 Å². The number of nitrogens with one attached hydrogen (secondary N) is 2. The first-order chi connectivity index (χ1) is 12.3. The third-order valence-corrected chi connectivity index (χ3v) is 5.07. The summed E-state index contributed by atoms with van der Waals surface area (Å²) in [6.45, 7) is 8.42. The molecule has 0 spiro atoms. The highest BCUT2D eigenvalue weighted by atomic mass is 19.1. The van der Waals surface area contributed by atoms with Crippen molar-refractivity contribution in [2.75, 3.05) is 19.6 Å². The lowest BCUT2D eigenvalue weighted by Gasteiger charge is -2.38. The Morgan fingerprint density at radius 1 is 1.15 bits per heavy atom. The van der Waals surface area contributed by atoms with E-state index in [1.54, 1.807) is 17.0 Å². The van der Waals surface area contributed by atoms with Crippen LogP contribution in [0, 0.1) is 17.2 Å². The van der Waals surface area contributed by atoms with Crippen molar-refractivity contribution in [3.8, 4) is 0 Å². The van der Waals surface area contributed by atoms with E-state index in [4.69, 9.17) is 0 Å². The number of rotatable bonds is 6. The van der Waals surface area contributed by atoms with E-state index in [2.05, 4.69) is 24.5 Å². The van der Waals surface area contributed by atoms with Crippen molar-refractivity contribution in [2.45, 2.75) is 46.6 Å². The van der Waals surface area contributed by atoms with Crippen LogP contribution in [-0.2, 0) is 11.3 Å². The van der Waals surface area contributed by atoms with Crippen LogP contribution in [0.25, 0.3) is 0 Å². The summed E-state index contributed by atoms with van der Waals surface area (Å²) in [5.74, 6) is 0.262. The molecule has 0 aromatic heterocycles. The van der Waals surface area contributed by atoms with Gasteiger partial charge in [0.15, 0.2) is 0 Å². The van der Waals surface area contributed by atoms with Gasteiger partial charge in [-0.3, -0.25) is 4.79 Å². The monoisotopic (exact) mass is 363 g/mol. The SMILES string of the molecule is CC(C)CCNC(=O)N1CCC(C)(C(=O)NCc2ccc(F)cc2)CC1. The van der Waals surface area contributed by atoms with Crippen molar-refractivity contribution in [2.24, 2.45) is 11.3 Å². The molecular formula is C20H30FN3O2. The molecule has 6 heteroatoms. The van der Waals surface area contributed by atoms with Crippen molar-refractivity contribution in [1.82, 2.24) is 15.5 Å².